The molecule has 0 saturated heterocycles. The first-order chi connectivity index (χ1) is 14.8. The Balaban J connectivity index is 1.64. The van der Waals surface area contributed by atoms with Crippen LogP contribution in [0.25, 0.3) is 0 Å². The van der Waals surface area contributed by atoms with E-state index in [0.717, 1.165) is 35.6 Å². The van der Waals surface area contributed by atoms with Gasteiger partial charge in [0, 0.05) is 30.5 Å². The van der Waals surface area contributed by atoms with Crippen LogP contribution in [0.15, 0.2) is 54.6 Å². The zero-order valence-electron chi connectivity index (χ0n) is 16.9. The number of methoxy groups -OCH3 is 1. The van der Waals surface area contributed by atoms with Crippen LogP contribution in [0.4, 0.5) is 24.7 Å². The number of ketones is 1. The van der Waals surface area contributed by atoms with E-state index in [0.29, 0.717) is 30.9 Å². The van der Waals surface area contributed by atoms with Crippen LogP contribution in [-0.4, -0.2) is 22.7 Å². The zero-order chi connectivity index (χ0) is 22.0. The van der Waals surface area contributed by atoms with Crippen LogP contribution in [0.1, 0.15) is 42.0 Å². The number of anilines is 2. The summed E-state index contributed by atoms with van der Waals surface area (Å²) < 4.78 is 46.2. The third-order valence-corrected chi connectivity index (χ3v) is 5.42. The minimum Gasteiger partial charge on any atom is -0.497 e. The van der Waals surface area contributed by atoms with E-state index in [4.69, 9.17) is 4.74 Å². The van der Waals surface area contributed by atoms with E-state index in [2.05, 4.69) is 10.4 Å². The van der Waals surface area contributed by atoms with E-state index in [9.17, 15) is 18.0 Å². The van der Waals surface area contributed by atoms with E-state index in [-0.39, 0.29) is 11.7 Å². The number of halogens is 3. The van der Waals surface area contributed by atoms with E-state index in [1.165, 1.54) is 6.07 Å². The van der Waals surface area contributed by atoms with Gasteiger partial charge in [0.1, 0.15) is 17.4 Å². The van der Waals surface area contributed by atoms with Crippen molar-refractivity contribution in [2.75, 3.05) is 12.4 Å². The van der Waals surface area contributed by atoms with Gasteiger partial charge in [-0.25, -0.2) is 4.68 Å². The van der Waals surface area contributed by atoms with Crippen molar-refractivity contribution >= 4 is 17.3 Å². The molecule has 3 aromatic rings. The van der Waals surface area contributed by atoms with Gasteiger partial charge >= 0.3 is 6.18 Å². The summed E-state index contributed by atoms with van der Waals surface area (Å²) >= 11 is 0. The molecule has 1 aliphatic rings. The number of hydrogen-bond acceptors (Lipinski definition) is 4. The maximum Gasteiger partial charge on any atom is 0.416 e. The molecule has 0 bridgehead atoms. The molecule has 0 aliphatic heterocycles. The third-order valence-electron chi connectivity index (χ3n) is 5.42. The van der Waals surface area contributed by atoms with Crippen LogP contribution in [0.2, 0.25) is 0 Å². The summed E-state index contributed by atoms with van der Waals surface area (Å²) in [7, 11) is 1.59. The number of nitrogens with one attached hydrogen (secondary N) is 1. The van der Waals surface area contributed by atoms with Crippen LogP contribution < -0.4 is 10.1 Å². The van der Waals surface area contributed by atoms with Gasteiger partial charge in [-0.2, -0.15) is 18.3 Å². The van der Waals surface area contributed by atoms with Crippen LogP contribution in [-0.2, 0) is 17.5 Å². The molecular weight excluding hydrogens is 407 g/mol. The second kappa shape index (κ2) is 8.45. The Morgan fingerprint density at radius 3 is 2.58 bits per heavy atom. The summed E-state index contributed by atoms with van der Waals surface area (Å²) in [4.78, 5) is 11.7. The van der Waals surface area contributed by atoms with Crippen molar-refractivity contribution in [3.05, 3.63) is 71.4 Å². The lowest BCUT2D eigenvalue weighted by Gasteiger charge is -2.12. The Hall–Kier alpha value is -3.29. The number of aromatic nitrogens is 2. The first kappa shape index (κ1) is 21.0. The normalized spacial score (nSPS) is 16.5. The number of carbonyl (C=O) groups excluding carboxylic acids is 1. The Morgan fingerprint density at radius 2 is 1.94 bits per heavy atom. The van der Waals surface area contributed by atoms with Crippen molar-refractivity contribution in [3.63, 3.8) is 0 Å². The molecule has 1 heterocycles. The molecule has 1 N–H and O–H groups in total. The molecule has 31 heavy (non-hydrogen) atoms. The van der Waals surface area contributed by atoms with Gasteiger partial charge in [0.15, 0.2) is 0 Å². The molecule has 0 amide bonds. The predicted molar refractivity (Wildman–Crippen MR) is 111 cm³/mol. The number of ether oxygens (including phenoxy) is 1. The molecule has 0 radical (unpaired) electrons. The average Bonchev–Trinajstić information content (AvgIpc) is 3.34. The van der Waals surface area contributed by atoms with E-state index in [1.807, 2.05) is 30.3 Å². The first-order valence-corrected chi connectivity index (χ1v) is 9.98. The van der Waals surface area contributed by atoms with E-state index < -0.39 is 11.7 Å². The van der Waals surface area contributed by atoms with Crippen molar-refractivity contribution in [1.82, 2.24) is 9.78 Å². The van der Waals surface area contributed by atoms with Crippen LogP contribution in [0, 0.1) is 0 Å². The highest BCUT2D eigenvalue weighted by Crippen LogP contribution is 2.35. The van der Waals surface area contributed by atoms with E-state index in [1.54, 1.807) is 17.9 Å². The van der Waals surface area contributed by atoms with Crippen molar-refractivity contribution in [2.24, 2.45) is 0 Å². The minimum atomic E-state index is -4.42. The van der Waals surface area contributed by atoms with Gasteiger partial charge in [-0.1, -0.05) is 18.2 Å². The second-order valence-corrected chi connectivity index (χ2v) is 7.64. The fourth-order valence-electron chi connectivity index (χ4n) is 3.75. The Morgan fingerprint density at radius 1 is 1.16 bits per heavy atom. The van der Waals surface area contributed by atoms with Gasteiger partial charge in [-0.15, -0.1) is 0 Å². The molecule has 1 aliphatic carbocycles. The lowest BCUT2D eigenvalue weighted by molar-refractivity contribution is -0.137. The monoisotopic (exact) mass is 429 g/mol. The van der Waals surface area contributed by atoms with E-state index >= 15 is 0 Å². The Kier molecular flexibility index (Phi) is 5.71. The lowest BCUT2D eigenvalue weighted by Crippen LogP contribution is -2.08. The smallest absolute Gasteiger partial charge is 0.416 e. The van der Waals surface area contributed by atoms with Crippen molar-refractivity contribution < 1.29 is 22.7 Å². The van der Waals surface area contributed by atoms with Crippen LogP contribution >= 0.6 is 0 Å². The average molecular weight is 429 g/mol. The highest BCUT2D eigenvalue weighted by molar-refractivity contribution is 5.81. The number of alkyl halides is 3. The lowest BCUT2D eigenvalue weighted by atomic mass is 10.0. The molecule has 8 heteroatoms. The SMILES string of the molecule is COc1ccc(Cn2nc(C3CCC(=O)C3)cc2Nc2cccc(C(F)(F)F)c2)cc1. The number of benzene rings is 2. The molecule has 1 aromatic heterocycles. The second-order valence-electron chi connectivity index (χ2n) is 7.64. The van der Waals surface area contributed by atoms with Crippen LogP contribution in [0.3, 0.4) is 0 Å². The minimum absolute atomic E-state index is 0.0340. The number of carbonyl (C=O) groups is 1. The van der Waals surface area contributed by atoms with Gasteiger partial charge in [0.25, 0.3) is 0 Å². The number of nitrogens with zero attached hydrogens (tertiary/aromatic N) is 2. The first-order valence-electron chi connectivity index (χ1n) is 9.98. The number of Topliss-reactive ketones (excluding diaryl/α,β-unsaturated/α-hetero) is 1. The predicted octanol–water partition coefficient (Wildman–Crippen LogP) is 5.54. The molecule has 4 rings (SSSR count). The van der Waals surface area contributed by atoms with Gasteiger partial charge in [0.05, 0.1) is 24.9 Å². The summed E-state index contributed by atoms with van der Waals surface area (Å²) in [6.45, 7) is 0.423. The van der Waals surface area contributed by atoms with Crippen molar-refractivity contribution in [3.8, 4) is 5.75 Å². The highest BCUT2D eigenvalue weighted by atomic mass is 19.4. The molecule has 162 valence electrons. The Bertz CT molecular complexity index is 1070. The van der Waals surface area contributed by atoms with Gasteiger partial charge < -0.3 is 10.1 Å². The standard InChI is InChI=1S/C23H22F3N3O2/c1-31-20-9-5-15(6-10-20)14-29-22(13-21(28-29)16-7-8-19(30)11-16)27-18-4-2-3-17(12-18)23(24,25)26/h2-6,9-10,12-13,16,27H,7-8,11,14H2,1H3. The maximum absolute atomic E-state index is 13.1. The molecule has 1 saturated carbocycles. The largest absolute Gasteiger partial charge is 0.497 e. The Labute approximate surface area is 177 Å². The molecule has 2 aromatic carbocycles. The summed E-state index contributed by atoms with van der Waals surface area (Å²) in [5, 5.41) is 7.75. The van der Waals surface area contributed by atoms with Gasteiger partial charge in [-0.3, -0.25) is 4.79 Å². The quantitative estimate of drug-likeness (QED) is 0.559. The fraction of sp³-hybridized carbons (Fsp3) is 0.304. The molecule has 1 unspecified atom stereocenters. The summed E-state index contributed by atoms with van der Waals surface area (Å²) in [6, 6.07) is 14.4. The fourth-order valence-corrected chi connectivity index (χ4v) is 3.75. The van der Waals surface area contributed by atoms with Crippen molar-refractivity contribution in [1.29, 1.82) is 0 Å². The number of rotatable bonds is 6. The van der Waals surface area contributed by atoms with Crippen LogP contribution in [0.5, 0.6) is 5.75 Å². The van der Waals surface area contributed by atoms with Gasteiger partial charge in [-0.05, 0) is 42.3 Å². The molecule has 5 nitrogen and oxygen atoms in total. The highest BCUT2D eigenvalue weighted by Gasteiger charge is 2.31. The molecule has 0 spiro atoms. The molecular formula is C23H22F3N3O2. The van der Waals surface area contributed by atoms with Crippen molar-refractivity contribution in [2.45, 2.75) is 37.9 Å². The summed E-state index contributed by atoms with van der Waals surface area (Å²) in [5.41, 5.74) is 1.33. The summed E-state index contributed by atoms with van der Waals surface area (Å²) in [5.74, 6) is 1.55. The molecule has 1 fully saturated rings. The summed E-state index contributed by atoms with van der Waals surface area (Å²) in [6.07, 6.45) is -2.70. The third kappa shape index (κ3) is 4.90. The molecule has 1 atom stereocenters. The topological polar surface area (TPSA) is 56.2 Å². The maximum atomic E-state index is 13.1. The zero-order valence-corrected chi connectivity index (χ0v) is 16.9. The van der Waals surface area contributed by atoms with Gasteiger partial charge in [0.2, 0.25) is 0 Å². The number of hydrogen-bond donors (Lipinski definition) is 1.